The molecule has 1 amide bonds. The third kappa shape index (κ3) is 5.66. The minimum atomic E-state index is 0.0285. The molecular weight excluding hydrogens is 354 g/mol. The molecule has 0 aliphatic carbocycles. The number of likely N-dealkylation sites (N-methyl/N-ethyl adjacent to an activating group) is 1. The van der Waals surface area contributed by atoms with E-state index in [0.717, 1.165) is 43.3 Å². The Balaban J connectivity index is 1.62. The number of rotatable bonds is 6. The van der Waals surface area contributed by atoms with Crippen LogP contribution < -0.4 is 9.64 Å². The van der Waals surface area contributed by atoms with Crippen LogP contribution in [0.5, 0.6) is 5.75 Å². The maximum absolute atomic E-state index is 12.7. The summed E-state index contributed by atoms with van der Waals surface area (Å²) in [5.41, 5.74) is 1.01. The van der Waals surface area contributed by atoms with Crippen molar-refractivity contribution in [3.8, 4) is 5.75 Å². The molecule has 1 fully saturated rings. The first-order chi connectivity index (χ1) is 13.5. The molecule has 7 nitrogen and oxygen atoms in total. The zero-order chi connectivity index (χ0) is 19.9. The largest absolute Gasteiger partial charge is 0.484 e. The molecule has 1 aromatic carbocycles. The molecule has 3 rings (SSSR count). The van der Waals surface area contributed by atoms with Gasteiger partial charge < -0.3 is 19.4 Å². The van der Waals surface area contributed by atoms with Gasteiger partial charge in [-0.05, 0) is 31.5 Å². The van der Waals surface area contributed by atoms with E-state index >= 15 is 0 Å². The molecule has 0 N–H and O–H groups in total. The SMILES string of the molecule is CN1CCN(C(=O)COc2ccccc2)C[C@H](Cc2cc(N(C)C)ncn2)C1. The van der Waals surface area contributed by atoms with Gasteiger partial charge in [-0.25, -0.2) is 9.97 Å². The number of hydrogen-bond donors (Lipinski definition) is 0. The van der Waals surface area contributed by atoms with Gasteiger partial charge in [0.15, 0.2) is 6.61 Å². The van der Waals surface area contributed by atoms with Gasteiger partial charge in [-0.15, -0.1) is 0 Å². The maximum Gasteiger partial charge on any atom is 0.260 e. The van der Waals surface area contributed by atoms with Crippen molar-refractivity contribution >= 4 is 11.7 Å². The van der Waals surface area contributed by atoms with Crippen molar-refractivity contribution < 1.29 is 9.53 Å². The van der Waals surface area contributed by atoms with Gasteiger partial charge in [0, 0.05) is 52.0 Å². The van der Waals surface area contributed by atoms with Gasteiger partial charge in [0.25, 0.3) is 5.91 Å². The molecule has 1 aliphatic heterocycles. The van der Waals surface area contributed by atoms with E-state index in [0.29, 0.717) is 12.5 Å². The number of aromatic nitrogens is 2. The number of amides is 1. The lowest BCUT2D eigenvalue weighted by Gasteiger charge is -2.24. The Labute approximate surface area is 166 Å². The van der Waals surface area contributed by atoms with Crippen LogP contribution in [0.2, 0.25) is 0 Å². The summed E-state index contributed by atoms with van der Waals surface area (Å²) in [5, 5.41) is 0. The highest BCUT2D eigenvalue weighted by molar-refractivity contribution is 5.77. The second-order valence-electron chi connectivity index (χ2n) is 7.54. The van der Waals surface area contributed by atoms with E-state index in [1.807, 2.05) is 60.3 Å². The van der Waals surface area contributed by atoms with Gasteiger partial charge in [0.2, 0.25) is 0 Å². The lowest BCUT2D eigenvalue weighted by molar-refractivity contribution is -0.133. The van der Waals surface area contributed by atoms with Crippen LogP contribution in [0, 0.1) is 5.92 Å². The lowest BCUT2D eigenvalue weighted by Crippen LogP contribution is -2.39. The summed E-state index contributed by atoms with van der Waals surface area (Å²) >= 11 is 0. The summed E-state index contributed by atoms with van der Waals surface area (Å²) in [7, 11) is 6.05. The van der Waals surface area contributed by atoms with Crippen LogP contribution in [0.4, 0.5) is 5.82 Å². The van der Waals surface area contributed by atoms with Gasteiger partial charge >= 0.3 is 0 Å². The molecule has 1 atom stereocenters. The highest BCUT2D eigenvalue weighted by atomic mass is 16.5. The van der Waals surface area contributed by atoms with E-state index in [9.17, 15) is 4.79 Å². The fraction of sp³-hybridized carbons (Fsp3) is 0.476. The predicted octanol–water partition coefficient (Wildman–Crippen LogP) is 1.55. The first kappa shape index (κ1) is 20.1. The van der Waals surface area contributed by atoms with E-state index in [-0.39, 0.29) is 12.5 Å². The zero-order valence-corrected chi connectivity index (χ0v) is 16.9. The average Bonchev–Trinajstić information content (AvgIpc) is 2.88. The number of para-hydroxylation sites is 1. The van der Waals surface area contributed by atoms with E-state index < -0.39 is 0 Å². The second-order valence-corrected chi connectivity index (χ2v) is 7.54. The van der Waals surface area contributed by atoms with Gasteiger partial charge in [0.05, 0.1) is 0 Å². The molecule has 1 saturated heterocycles. The van der Waals surface area contributed by atoms with Crippen LogP contribution in [-0.4, -0.2) is 79.6 Å². The molecule has 0 radical (unpaired) electrons. The Morgan fingerprint density at radius 1 is 1.18 bits per heavy atom. The molecule has 1 aromatic heterocycles. The monoisotopic (exact) mass is 383 g/mol. The standard InChI is InChI=1S/C21H29N5O2/c1-24(2)20-12-18(22-16-23-20)11-17-13-25(3)9-10-26(14-17)21(27)15-28-19-7-5-4-6-8-19/h4-8,12,16-17H,9-11,13-15H2,1-3H3/t17-/m1/s1. The quantitative estimate of drug-likeness (QED) is 0.754. The number of ether oxygens (including phenoxy) is 1. The van der Waals surface area contributed by atoms with E-state index in [4.69, 9.17) is 4.74 Å². The molecule has 28 heavy (non-hydrogen) atoms. The summed E-state index contributed by atoms with van der Waals surface area (Å²) in [6.07, 6.45) is 2.43. The third-order valence-corrected chi connectivity index (χ3v) is 4.92. The predicted molar refractivity (Wildman–Crippen MR) is 110 cm³/mol. The van der Waals surface area contributed by atoms with Crippen LogP contribution in [0.25, 0.3) is 0 Å². The zero-order valence-electron chi connectivity index (χ0n) is 16.9. The number of benzene rings is 1. The van der Waals surface area contributed by atoms with Crippen molar-refractivity contribution in [2.75, 3.05) is 58.8 Å². The molecule has 0 bridgehead atoms. The van der Waals surface area contributed by atoms with Gasteiger partial charge in [-0.1, -0.05) is 18.2 Å². The molecule has 1 aliphatic rings. The van der Waals surface area contributed by atoms with Gasteiger partial charge in [-0.2, -0.15) is 0 Å². The number of carbonyl (C=O) groups is 1. The fourth-order valence-electron chi connectivity index (χ4n) is 3.43. The summed E-state index contributed by atoms with van der Waals surface area (Å²) in [5.74, 6) is 1.96. The maximum atomic E-state index is 12.7. The van der Waals surface area contributed by atoms with E-state index in [1.54, 1.807) is 6.33 Å². The van der Waals surface area contributed by atoms with Crippen molar-refractivity contribution in [1.82, 2.24) is 19.8 Å². The normalized spacial score (nSPS) is 17.8. The first-order valence-electron chi connectivity index (χ1n) is 9.63. The number of hydrogen-bond acceptors (Lipinski definition) is 6. The fourth-order valence-corrected chi connectivity index (χ4v) is 3.43. The topological polar surface area (TPSA) is 61.8 Å². The first-order valence-corrected chi connectivity index (χ1v) is 9.63. The average molecular weight is 383 g/mol. The Kier molecular flexibility index (Phi) is 6.81. The Morgan fingerprint density at radius 2 is 1.96 bits per heavy atom. The van der Waals surface area contributed by atoms with Crippen LogP contribution in [-0.2, 0) is 11.2 Å². The van der Waals surface area contributed by atoms with E-state index in [2.05, 4.69) is 21.9 Å². The van der Waals surface area contributed by atoms with Crippen molar-refractivity contribution in [2.24, 2.45) is 5.92 Å². The number of nitrogens with zero attached hydrogens (tertiary/aromatic N) is 5. The van der Waals surface area contributed by atoms with E-state index in [1.165, 1.54) is 0 Å². The van der Waals surface area contributed by atoms with Crippen LogP contribution in [0.1, 0.15) is 5.69 Å². The molecule has 7 heteroatoms. The van der Waals surface area contributed by atoms with Crippen molar-refractivity contribution in [3.63, 3.8) is 0 Å². The van der Waals surface area contributed by atoms with Crippen molar-refractivity contribution in [1.29, 1.82) is 0 Å². The molecule has 150 valence electrons. The van der Waals surface area contributed by atoms with Crippen LogP contribution in [0.3, 0.4) is 0 Å². The summed E-state index contributed by atoms with van der Waals surface area (Å²) in [6, 6.07) is 11.5. The Morgan fingerprint density at radius 3 is 2.71 bits per heavy atom. The van der Waals surface area contributed by atoms with Gasteiger partial charge in [0.1, 0.15) is 17.9 Å². The minimum absolute atomic E-state index is 0.0285. The summed E-state index contributed by atoms with van der Waals surface area (Å²) in [4.78, 5) is 27.6. The van der Waals surface area contributed by atoms with Crippen LogP contribution >= 0.6 is 0 Å². The Hall–Kier alpha value is -2.67. The number of anilines is 1. The highest BCUT2D eigenvalue weighted by Gasteiger charge is 2.25. The second kappa shape index (κ2) is 9.50. The minimum Gasteiger partial charge on any atom is -0.484 e. The molecule has 0 saturated carbocycles. The smallest absolute Gasteiger partial charge is 0.260 e. The molecule has 2 aromatic rings. The summed E-state index contributed by atoms with van der Waals surface area (Å²) in [6.45, 7) is 3.29. The molecule has 0 unspecified atom stereocenters. The third-order valence-electron chi connectivity index (χ3n) is 4.92. The van der Waals surface area contributed by atoms with Gasteiger partial charge in [-0.3, -0.25) is 4.79 Å². The number of carbonyl (C=O) groups excluding carboxylic acids is 1. The lowest BCUT2D eigenvalue weighted by atomic mass is 10.0. The Bertz CT molecular complexity index is 768. The molecule has 0 spiro atoms. The van der Waals surface area contributed by atoms with Crippen LogP contribution in [0.15, 0.2) is 42.7 Å². The van der Waals surface area contributed by atoms with Crippen molar-refractivity contribution in [3.05, 3.63) is 48.4 Å². The summed E-state index contributed by atoms with van der Waals surface area (Å²) < 4.78 is 5.65. The molecule has 2 heterocycles. The highest BCUT2D eigenvalue weighted by Crippen LogP contribution is 2.16. The molecular formula is C21H29N5O2. The van der Waals surface area contributed by atoms with Crippen molar-refractivity contribution in [2.45, 2.75) is 6.42 Å².